The van der Waals surface area contributed by atoms with Crippen LogP contribution >= 0.6 is 11.6 Å². The Morgan fingerprint density at radius 3 is 2.66 bits per heavy atom. The van der Waals surface area contributed by atoms with Crippen molar-refractivity contribution >= 4 is 28.3 Å². The molecule has 3 aromatic carbocycles. The van der Waals surface area contributed by atoms with Gasteiger partial charge in [0.1, 0.15) is 17.1 Å². The minimum Gasteiger partial charge on any atom is -0.493 e. The number of ether oxygens (including phenoxy) is 1. The van der Waals surface area contributed by atoms with E-state index < -0.39 is 11.8 Å². The zero-order valence-electron chi connectivity index (χ0n) is 20.7. The van der Waals surface area contributed by atoms with Crippen LogP contribution < -0.4 is 4.74 Å². The van der Waals surface area contributed by atoms with Crippen LogP contribution in [-0.2, 0) is 6.54 Å². The molecule has 2 aliphatic rings. The van der Waals surface area contributed by atoms with Gasteiger partial charge in [-0.2, -0.15) is 4.98 Å². The molecule has 1 aliphatic carbocycles. The van der Waals surface area contributed by atoms with Gasteiger partial charge in [0, 0.05) is 22.4 Å². The molecule has 4 aromatic rings. The lowest BCUT2D eigenvalue weighted by Gasteiger charge is -2.31. The highest BCUT2D eigenvalue weighted by Crippen LogP contribution is 2.46. The maximum absolute atomic E-state index is 14.8. The molecule has 1 saturated carbocycles. The Hall–Kier alpha value is -3.49. The number of halogens is 2. The zero-order valence-corrected chi connectivity index (χ0v) is 21.5. The summed E-state index contributed by atoms with van der Waals surface area (Å²) in [6, 6.07) is 14.1. The van der Waals surface area contributed by atoms with E-state index in [-0.39, 0.29) is 5.56 Å². The molecule has 2 heterocycles. The highest BCUT2D eigenvalue weighted by Gasteiger charge is 2.29. The first-order valence-electron chi connectivity index (χ1n) is 12.9. The molecule has 0 atom stereocenters. The number of hydrogen-bond acceptors (Lipinski definition) is 6. The van der Waals surface area contributed by atoms with Crippen LogP contribution in [0.25, 0.3) is 22.2 Å². The number of fused-ring (bicyclic) bond motifs is 1. The van der Waals surface area contributed by atoms with E-state index in [0.717, 1.165) is 55.3 Å². The molecule has 38 heavy (non-hydrogen) atoms. The number of hydrogen-bond donors (Lipinski definition) is 1. The van der Waals surface area contributed by atoms with E-state index in [1.807, 2.05) is 30.3 Å². The molecule has 0 radical (unpaired) electrons. The lowest BCUT2D eigenvalue weighted by atomic mass is 9.95. The highest BCUT2D eigenvalue weighted by molar-refractivity contribution is 6.33. The number of piperidine rings is 1. The Balaban J connectivity index is 1.11. The zero-order chi connectivity index (χ0) is 26.2. The largest absolute Gasteiger partial charge is 0.493 e. The van der Waals surface area contributed by atoms with Crippen LogP contribution in [-0.4, -0.2) is 45.8 Å². The summed E-state index contributed by atoms with van der Waals surface area (Å²) in [4.78, 5) is 18.6. The van der Waals surface area contributed by atoms with Crippen LogP contribution in [0, 0.1) is 11.7 Å². The SMILES string of the molecule is O=C(O)c1c(F)cc(OCC2CCN(Cc3nc(-c4ccccc4Cl)no3)CC2)c2c(C3CC3)cccc12. The molecule has 1 aliphatic heterocycles. The van der Waals surface area contributed by atoms with E-state index in [2.05, 4.69) is 15.0 Å². The minimum absolute atomic E-state index is 0.290. The number of carbonyl (C=O) groups is 1. The predicted octanol–water partition coefficient (Wildman–Crippen LogP) is 6.55. The minimum atomic E-state index is -1.26. The number of nitrogens with zero attached hydrogens (tertiary/aromatic N) is 3. The van der Waals surface area contributed by atoms with Gasteiger partial charge in [-0.25, -0.2) is 9.18 Å². The van der Waals surface area contributed by atoms with E-state index >= 15 is 0 Å². The van der Waals surface area contributed by atoms with E-state index in [1.54, 1.807) is 12.1 Å². The molecule has 196 valence electrons. The molecule has 1 N–H and O–H groups in total. The van der Waals surface area contributed by atoms with Crippen molar-refractivity contribution in [2.75, 3.05) is 19.7 Å². The number of benzene rings is 3. The van der Waals surface area contributed by atoms with E-state index in [0.29, 0.717) is 52.9 Å². The smallest absolute Gasteiger partial charge is 0.339 e. The van der Waals surface area contributed by atoms with Crippen molar-refractivity contribution in [2.45, 2.75) is 38.1 Å². The first-order valence-corrected chi connectivity index (χ1v) is 13.3. The van der Waals surface area contributed by atoms with Gasteiger partial charge in [-0.3, -0.25) is 4.90 Å². The molecule has 1 aromatic heterocycles. The molecule has 0 unspecified atom stereocenters. The van der Waals surface area contributed by atoms with Crippen molar-refractivity contribution in [1.82, 2.24) is 15.0 Å². The number of carboxylic acid groups (broad SMARTS) is 1. The average Bonchev–Trinajstić information content (AvgIpc) is 3.66. The Labute approximate surface area is 224 Å². The molecule has 0 bridgehead atoms. The summed E-state index contributed by atoms with van der Waals surface area (Å²) in [7, 11) is 0. The van der Waals surface area contributed by atoms with Crippen LogP contribution in [0.2, 0.25) is 5.02 Å². The van der Waals surface area contributed by atoms with Crippen molar-refractivity contribution in [3.05, 3.63) is 76.4 Å². The van der Waals surface area contributed by atoms with E-state index in [9.17, 15) is 14.3 Å². The Morgan fingerprint density at radius 2 is 1.92 bits per heavy atom. The quantitative estimate of drug-likeness (QED) is 0.274. The summed E-state index contributed by atoms with van der Waals surface area (Å²) in [6.07, 6.45) is 3.93. The molecule has 7 nitrogen and oxygen atoms in total. The molecule has 9 heteroatoms. The van der Waals surface area contributed by atoms with E-state index in [4.69, 9.17) is 20.9 Å². The van der Waals surface area contributed by atoms with Crippen LogP contribution in [0.3, 0.4) is 0 Å². The topological polar surface area (TPSA) is 88.7 Å². The van der Waals surface area contributed by atoms with Crippen LogP contribution in [0.15, 0.2) is 53.1 Å². The number of carboxylic acids is 1. The summed E-state index contributed by atoms with van der Waals surface area (Å²) < 4.78 is 26.5. The third kappa shape index (κ3) is 4.98. The van der Waals surface area contributed by atoms with Gasteiger partial charge in [0.25, 0.3) is 0 Å². The molecule has 0 amide bonds. The van der Waals surface area contributed by atoms with Crippen molar-refractivity contribution in [3.63, 3.8) is 0 Å². The third-order valence-electron chi connectivity index (χ3n) is 7.46. The third-order valence-corrected chi connectivity index (χ3v) is 7.79. The van der Waals surface area contributed by atoms with Gasteiger partial charge >= 0.3 is 5.97 Å². The first-order chi connectivity index (χ1) is 18.5. The van der Waals surface area contributed by atoms with Crippen molar-refractivity contribution in [1.29, 1.82) is 0 Å². The van der Waals surface area contributed by atoms with E-state index in [1.165, 1.54) is 6.07 Å². The molecule has 6 rings (SSSR count). The normalized spacial score (nSPS) is 16.7. The Bertz CT molecular complexity index is 1490. The molecule has 2 fully saturated rings. The summed E-state index contributed by atoms with van der Waals surface area (Å²) in [5.74, 6) is 0.108. The number of likely N-dealkylation sites (tertiary alicyclic amines) is 1. The maximum atomic E-state index is 14.8. The number of aromatic nitrogens is 2. The first kappa shape index (κ1) is 24.8. The van der Waals surface area contributed by atoms with Crippen molar-refractivity contribution < 1.29 is 23.6 Å². The van der Waals surface area contributed by atoms with Crippen LogP contribution in [0.4, 0.5) is 4.39 Å². The fourth-order valence-electron chi connectivity index (χ4n) is 5.29. The fraction of sp³-hybridized carbons (Fsp3) is 0.345. The average molecular weight is 536 g/mol. The lowest BCUT2D eigenvalue weighted by Crippen LogP contribution is -2.35. The van der Waals surface area contributed by atoms with Gasteiger partial charge in [-0.1, -0.05) is 47.1 Å². The molecule has 1 saturated heterocycles. The Morgan fingerprint density at radius 1 is 1.13 bits per heavy atom. The predicted molar refractivity (Wildman–Crippen MR) is 141 cm³/mol. The lowest BCUT2D eigenvalue weighted by molar-refractivity contribution is 0.0694. The van der Waals surface area contributed by atoms with Gasteiger partial charge in [0.05, 0.1) is 18.2 Å². The molecular formula is C29H27ClFN3O4. The Kier molecular flexibility index (Phi) is 6.76. The molecular weight excluding hydrogens is 509 g/mol. The van der Waals surface area contributed by atoms with Gasteiger partial charge in [-0.15, -0.1) is 0 Å². The number of rotatable bonds is 8. The van der Waals surface area contributed by atoms with Crippen molar-refractivity contribution in [3.8, 4) is 17.1 Å². The van der Waals surface area contributed by atoms with Crippen LogP contribution in [0.1, 0.15) is 53.4 Å². The fourth-order valence-corrected chi connectivity index (χ4v) is 5.51. The second-order valence-electron chi connectivity index (χ2n) is 10.1. The highest BCUT2D eigenvalue weighted by atomic mass is 35.5. The monoisotopic (exact) mass is 535 g/mol. The summed E-state index contributed by atoms with van der Waals surface area (Å²) in [6.45, 7) is 2.70. The second-order valence-corrected chi connectivity index (χ2v) is 10.5. The maximum Gasteiger partial charge on any atom is 0.339 e. The van der Waals surface area contributed by atoms with Gasteiger partial charge in [0.15, 0.2) is 0 Å². The van der Waals surface area contributed by atoms with Gasteiger partial charge in [-0.05, 0) is 68.3 Å². The van der Waals surface area contributed by atoms with Crippen LogP contribution in [0.5, 0.6) is 5.75 Å². The van der Waals surface area contributed by atoms with Gasteiger partial charge in [0.2, 0.25) is 11.7 Å². The second kappa shape index (κ2) is 10.3. The molecule has 0 spiro atoms. The number of aromatic carboxylic acids is 1. The van der Waals surface area contributed by atoms with Crippen molar-refractivity contribution in [2.24, 2.45) is 5.92 Å². The van der Waals surface area contributed by atoms with Gasteiger partial charge < -0.3 is 14.4 Å². The summed E-state index contributed by atoms with van der Waals surface area (Å²) >= 11 is 6.25. The standard InChI is InChI=1S/C29H27ClFN3O4/c30-22-7-2-1-4-20(22)28-32-25(38-33-28)15-34-12-10-17(11-13-34)16-37-24-14-23(31)27(29(35)36)21-6-3-5-19(26(21)24)18-8-9-18/h1-7,14,17-18H,8-13,15-16H2,(H,35,36). The summed E-state index contributed by atoms with van der Waals surface area (Å²) in [5, 5.41) is 15.4. The summed E-state index contributed by atoms with van der Waals surface area (Å²) in [5.41, 5.74) is 1.50.